The van der Waals surface area contributed by atoms with Crippen LogP contribution in [0.5, 0.6) is 11.5 Å². The second kappa shape index (κ2) is 11.1. The van der Waals surface area contributed by atoms with E-state index in [1.165, 1.54) is 12.1 Å². The van der Waals surface area contributed by atoms with Gasteiger partial charge in [0.25, 0.3) is 5.91 Å². The van der Waals surface area contributed by atoms with Crippen LogP contribution in [0.2, 0.25) is 0 Å². The Morgan fingerprint density at radius 3 is 2.22 bits per heavy atom. The minimum Gasteiger partial charge on any atom is -0.481 e. The van der Waals surface area contributed by atoms with Gasteiger partial charge in [-0.1, -0.05) is 43.7 Å². The van der Waals surface area contributed by atoms with E-state index < -0.39 is 11.9 Å². The Bertz CT molecular complexity index is 1050. The number of halogens is 1. The third-order valence-electron chi connectivity index (χ3n) is 5.14. The summed E-state index contributed by atoms with van der Waals surface area (Å²) in [5, 5.41) is 12.3. The van der Waals surface area contributed by atoms with E-state index >= 15 is 0 Å². The monoisotopic (exact) mass is 435 g/mol. The van der Waals surface area contributed by atoms with Gasteiger partial charge < -0.3 is 15.2 Å². The summed E-state index contributed by atoms with van der Waals surface area (Å²) in [6, 6.07) is 20.1. The van der Waals surface area contributed by atoms with Gasteiger partial charge in [-0.3, -0.25) is 9.59 Å². The Hall–Kier alpha value is -3.67. The highest BCUT2D eigenvalue weighted by molar-refractivity contribution is 5.95. The van der Waals surface area contributed by atoms with Gasteiger partial charge in [-0.25, -0.2) is 4.39 Å². The molecule has 3 aromatic carbocycles. The Kier molecular flexibility index (Phi) is 7.97. The summed E-state index contributed by atoms with van der Waals surface area (Å²) < 4.78 is 18.7. The van der Waals surface area contributed by atoms with Crippen LogP contribution in [-0.4, -0.2) is 17.0 Å². The molecule has 3 aromatic rings. The van der Waals surface area contributed by atoms with Crippen molar-refractivity contribution in [3.63, 3.8) is 0 Å². The Morgan fingerprint density at radius 2 is 1.59 bits per heavy atom. The van der Waals surface area contributed by atoms with E-state index in [4.69, 9.17) is 4.74 Å². The number of amides is 1. The van der Waals surface area contributed by atoms with E-state index in [2.05, 4.69) is 5.32 Å². The molecule has 0 aromatic heterocycles. The van der Waals surface area contributed by atoms with E-state index in [0.717, 1.165) is 17.5 Å². The molecular weight excluding hydrogens is 409 g/mol. The van der Waals surface area contributed by atoms with Crippen molar-refractivity contribution in [1.29, 1.82) is 0 Å². The molecule has 0 bridgehead atoms. The van der Waals surface area contributed by atoms with Crippen molar-refractivity contribution >= 4 is 11.9 Å². The molecule has 0 radical (unpaired) electrons. The molecule has 0 heterocycles. The average molecular weight is 435 g/mol. The molecule has 0 saturated heterocycles. The molecule has 5 nitrogen and oxygen atoms in total. The quantitative estimate of drug-likeness (QED) is 0.435. The molecular formula is C26H26FNO4. The molecule has 1 amide bonds. The van der Waals surface area contributed by atoms with Crippen LogP contribution in [-0.2, 0) is 17.8 Å². The van der Waals surface area contributed by atoms with E-state index in [0.29, 0.717) is 36.4 Å². The Morgan fingerprint density at radius 1 is 0.969 bits per heavy atom. The fourth-order valence-corrected chi connectivity index (χ4v) is 3.44. The standard InChI is InChI=1S/C26H26FNO4/c1-2-5-20(26(30)31)16-19-6-3-4-7-24(19)25(29)28-17-18-8-12-22(13-9-18)32-23-14-10-21(27)11-15-23/h3-4,6-15,20H,2,5,16-17H2,1H3,(H,28,29)(H,30,31). The first-order chi connectivity index (χ1) is 15.5. The lowest BCUT2D eigenvalue weighted by Gasteiger charge is -2.15. The lowest BCUT2D eigenvalue weighted by Crippen LogP contribution is -2.25. The third kappa shape index (κ3) is 6.41. The predicted octanol–water partition coefficient (Wildman–Crippen LogP) is 5.59. The number of nitrogens with one attached hydrogen (secondary N) is 1. The summed E-state index contributed by atoms with van der Waals surface area (Å²) in [6.07, 6.45) is 1.66. The minimum absolute atomic E-state index is 0.243. The van der Waals surface area contributed by atoms with Crippen molar-refractivity contribution in [2.24, 2.45) is 5.92 Å². The molecule has 0 aliphatic rings. The molecule has 0 aliphatic carbocycles. The average Bonchev–Trinajstić information content (AvgIpc) is 2.80. The summed E-state index contributed by atoms with van der Waals surface area (Å²) in [5.41, 5.74) is 2.11. The topological polar surface area (TPSA) is 75.6 Å². The lowest BCUT2D eigenvalue weighted by atomic mass is 9.92. The summed E-state index contributed by atoms with van der Waals surface area (Å²) in [6.45, 7) is 2.27. The van der Waals surface area contributed by atoms with Gasteiger partial charge in [0.05, 0.1) is 5.92 Å². The van der Waals surface area contributed by atoms with Gasteiger partial charge in [0, 0.05) is 12.1 Å². The molecule has 3 rings (SSSR count). The van der Waals surface area contributed by atoms with Crippen molar-refractivity contribution in [2.45, 2.75) is 32.7 Å². The van der Waals surface area contributed by atoms with Gasteiger partial charge in [0.1, 0.15) is 17.3 Å². The molecule has 0 fully saturated rings. The Labute approximate surface area is 186 Å². The highest BCUT2D eigenvalue weighted by atomic mass is 19.1. The third-order valence-corrected chi connectivity index (χ3v) is 5.14. The molecule has 0 spiro atoms. The van der Waals surface area contributed by atoms with Crippen molar-refractivity contribution in [3.05, 3.63) is 95.3 Å². The van der Waals surface area contributed by atoms with Crippen LogP contribution < -0.4 is 10.1 Å². The maximum absolute atomic E-state index is 13.0. The number of hydrogen-bond acceptors (Lipinski definition) is 3. The number of benzene rings is 3. The van der Waals surface area contributed by atoms with Crippen LogP contribution in [0.15, 0.2) is 72.8 Å². The zero-order valence-electron chi connectivity index (χ0n) is 17.9. The summed E-state index contributed by atoms with van der Waals surface area (Å²) in [7, 11) is 0. The van der Waals surface area contributed by atoms with Gasteiger partial charge in [-0.15, -0.1) is 0 Å². The van der Waals surface area contributed by atoms with E-state index in [9.17, 15) is 19.1 Å². The lowest BCUT2D eigenvalue weighted by molar-refractivity contribution is -0.141. The number of carboxylic acid groups (broad SMARTS) is 1. The molecule has 1 atom stereocenters. The first kappa shape index (κ1) is 23.0. The van der Waals surface area contributed by atoms with Crippen LogP contribution in [0.4, 0.5) is 4.39 Å². The molecule has 166 valence electrons. The number of carboxylic acids is 1. The van der Waals surface area contributed by atoms with Gasteiger partial charge in [0.15, 0.2) is 0 Å². The predicted molar refractivity (Wildman–Crippen MR) is 120 cm³/mol. The van der Waals surface area contributed by atoms with Crippen molar-refractivity contribution in [1.82, 2.24) is 5.32 Å². The van der Waals surface area contributed by atoms with E-state index in [1.54, 1.807) is 36.4 Å². The van der Waals surface area contributed by atoms with Crippen LogP contribution >= 0.6 is 0 Å². The fraction of sp³-hybridized carbons (Fsp3) is 0.231. The molecule has 0 aliphatic heterocycles. The molecule has 1 unspecified atom stereocenters. The zero-order chi connectivity index (χ0) is 22.9. The highest BCUT2D eigenvalue weighted by Gasteiger charge is 2.20. The van der Waals surface area contributed by atoms with Crippen molar-refractivity contribution < 1.29 is 23.8 Å². The largest absolute Gasteiger partial charge is 0.481 e. The number of ether oxygens (including phenoxy) is 1. The number of carbonyl (C=O) groups excluding carboxylic acids is 1. The first-order valence-electron chi connectivity index (χ1n) is 10.6. The van der Waals surface area contributed by atoms with Gasteiger partial charge in [-0.05, 0) is 66.4 Å². The van der Waals surface area contributed by atoms with Crippen LogP contribution in [0, 0.1) is 11.7 Å². The van der Waals surface area contributed by atoms with Crippen LogP contribution in [0.3, 0.4) is 0 Å². The van der Waals surface area contributed by atoms with E-state index in [1.807, 2.05) is 31.2 Å². The maximum atomic E-state index is 13.0. The second-order valence-corrected chi connectivity index (χ2v) is 7.57. The number of aliphatic carboxylic acids is 1. The summed E-state index contributed by atoms with van der Waals surface area (Å²) in [5.74, 6) is -0.784. The molecule has 2 N–H and O–H groups in total. The SMILES string of the molecule is CCCC(Cc1ccccc1C(=O)NCc1ccc(Oc2ccc(F)cc2)cc1)C(=O)O. The molecule has 6 heteroatoms. The van der Waals surface area contributed by atoms with Gasteiger partial charge in [0.2, 0.25) is 0 Å². The van der Waals surface area contributed by atoms with Crippen LogP contribution in [0.25, 0.3) is 0 Å². The number of hydrogen-bond donors (Lipinski definition) is 2. The number of carbonyl (C=O) groups is 2. The first-order valence-corrected chi connectivity index (χ1v) is 10.6. The van der Waals surface area contributed by atoms with Crippen molar-refractivity contribution in [2.75, 3.05) is 0 Å². The minimum atomic E-state index is -0.843. The second-order valence-electron chi connectivity index (χ2n) is 7.57. The van der Waals surface area contributed by atoms with E-state index in [-0.39, 0.29) is 11.7 Å². The van der Waals surface area contributed by atoms with Gasteiger partial charge >= 0.3 is 5.97 Å². The smallest absolute Gasteiger partial charge is 0.306 e. The number of rotatable bonds is 10. The summed E-state index contributed by atoms with van der Waals surface area (Å²) in [4.78, 5) is 24.3. The zero-order valence-corrected chi connectivity index (χ0v) is 17.9. The molecule has 0 saturated carbocycles. The highest BCUT2D eigenvalue weighted by Crippen LogP contribution is 2.22. The maximum Gasteiger partial charge on any atom is 0.306 e. The summed E-state index contributed by atoms with van der Waals surface area (Å²) >= 11 is 0. The van der Waals surface area contributed by atoms with Crippen molar-refractivity contribution in [3.8, 4) is 11.5 Å². The Balaban J connectivity index is 1.61. The fourth-order valence-electron chi connectivity index (χ4n) is 3.44. The van der Waals surface area contributed by atoms with Gasteiger partial charge in [-0.2, -0.15) is 0 Å². The normalized spacial score (nSPS) is 11.6. The molecule has 32 heavy (non-hydrogen) atoms. The van der Waals surface area contributed by atoms with Crippen LogP contribution in [0.1, 0.15) is 41.3 Å².